The lowest BCUT2D eigenvalue weighted by Gasteiger charge is -2.24. The van der Waals surface area contributed by atoms with Crippen molar-refractivity contribution in [1.29, 1.82) is 0 Å². The second kappa shape index (κ2) is 5.40. The molecule has 2 N–H and O–H groups in total. The standard InChI is InChI=1S/C14H21N3O/c1-4-11(8-15)9-17(3)12-5-6-14-13(7-12)16-10(2)18-14/h5-7,11H,4,8-9,15H2,1-3H3. The third-order valence-electron chi connectivity index (χ3n) is 3.36. The summed E-state index contributed by atoms with van der Waals surface area (Å²) in [6, 6.07) is 6.11. The number of benzene rings is 1. The molecule has 0 radical (unpaired) electrons. The summed E-state index contributed by atoms with van der Waals surface area (Å²) in [5.74, 6) is 1.24. The Balaban J connectivity index is 2.19. The molecule has 2 aromatic rings. The van der Waals surface area contributed by atoms with Gasteiger partial charge in [0.05, 0.1) is 0 Å². The van der Waals surface area contributed by atoms with E-state index in [1.54, 1.807) is 0 Å². The highest BCUT2D eigenvalue weighted by atomic mass is 16.3. The van der Waals surface area contributed by atoms with Gasteiger partial charge in [-0.05, 0) is 30.7 Å². The van der Waals surface area contributed by atoms with Crippen LogP contribution in [0, 0.1) is 12.8 Å². The fourth-order valence-corrected chi connectivity index (χ4v) is 2.13. The van der Waals surface area contributed by atoms with Gasteiger partial charge < -0.3 is 15.1 Å². The Labute approximate surface area is 108 Å². The number of aromatic nitrogens is 1. The van der Waals surface area contributed by atoms with E-state index in [0.29, 0.717) is 11.8 Å². The van der Waals surface area contributed by atoms with Crippen LogP contribution in [0.1, 0.15) is 19.2 Å². The highest BCUT2D eigenvalue weighted by Crippen LogP contribution is 2.22. The second-order valence-electron chi connectivity index (χ2n) is 4.78. The van der Waals surface area contributed by atoms with Crippen LogP contribution in [0.4, 0.5) is 5.69 Å². The van der Waals surface area contributed by atoms with Crippen LogP contribution in [-0.4, -0.2) is 25.1 Å². The maximum atomic E-state index is 5.75. The molecule has 1 aromatic heterocycles. The van der Waals surface area contributed by atoms with Crippen molar-refractivity contribution in [2.45, 2.75) is 20.3 Å². The van der Waals surface area contributed by atoms with E-state index in [-0.39, 0.29) is 0 Å². The average molecular weight is 247 g/mol. The van der Waals surface area contributed by atoms with Crippen molar-refractivity contribution in [2.75, 3.05) is 25.0 Å². The quantitative estimate of drug-likeness (QED) is 0.882. The average Bonchev–Trinajstić information content (AvgIpc) is 2.74. The van der Waals surface area contributed by atoms with Crippen molar-refractivity contribution < 1.29 is 4.42 Å². The molecule has 0 spiro atoms. The van der Waals surface area contributed by atoms with Crippen molar-refractivity contribution >= 4 is 16.8 Å². The molecule has 0 aliphatic carbocycles. The zero-order valence-corrected chi connectivity index (χ0v) is 11.3. The number of nitrogens with zero attached hydrogens (tertiary/aromatic N) is 2. The number of aryl methyl sites for hydroxylation is 1. The van der Waals surface area contributed by atoms with E-state index in [1.165, 1.54) is 0 Å². The lowest BCUT2D eigenvalue weighted by atomic mass is 10.1. The fourth-order valence-electron chi connectivity index (χ4n) is 2.13. The number of anilines is 1. The van der Waals surface area contributed by atoms with Gasteiger partial charge in [0.15, 0.2) is 11.5 Å². The summed E-state index contributed by atoms with van der Waals surface area (Å²) in [6.45, 7) is 5.74. The molecular formula is C14H21N3O. The number of rotatable bonds is 5. The molecule has 0 saturated heterocycles. The first-order valence-corrected chi connectivity index (χ1v) is 6.42. The Morgan fingerprint density at radius 1 is 1.44 bits per heavy atom. The van der Waals surface area contributed by atoms with Crippen LogP contribution in [0.2, 0.25) is 0 Å². The van der Waals surface area contributed by atoms with Crippen LogP contribution in [0.5, 0.6) is 0 Å². The van der Waals surface area contributed by atoms with E-state index >= 15 is 0 Å². The van der Waals surface area contributed by atoms with Crippen LogP contribution in [-0.2, 0) is 0 Å². The number of hydrogen-bond donors (Lipinski definition) is 1. The summed E-state index contributed by atoms with van der Waals surface area (Å²) in [4.78, 5) is 6.58. The van der Waals surface area contributed by atoms with E-state index in [9.17, 15) is 0 Å². The van der Waals surface area contributed by atoms with E-state index in [0.717, 1.165) is 36.3 Å². The van der Waals surface area contributed by atoms with Crippen molar-refractivity contribution in [2.24, 2.45) is 11.7 Å². The molecule has 18 heavy (non-hydrogen) atoms. The topological polar surface area (TPSA) is 55.3 Å². The third kappa shape index (κ3) is 2.64. The van der Waals surface area contributed by atoms with Gasteiger partial charge >= 0.3 is 0 Å². The second-order valence-corrected chi connectivity index (χ2v) is 4.78. The van der Waals surface area contributed by atoms with Gasteiger partial charge in [0.2, 0.25) is 0 Å². The fraction of sp³-hybridized carbons (Fsp3) is 0.500. The summed E-state index contributed by atoms with van der Waals surface area (Å²) in [7, 11) is 2.09. The van der Waals surface area contributed by atoms with E-state index < -0.39 is 0 Å². The lowest BCUT2D eigenvalue weighted by molar-refractivity contribution is 0.521. The van der Waals surface area contributed by atoms with Gasteiger partial charge in [-0.2, -0.15) is 0 Å². The van der Waals surface area contributed by atoms with Crippen LogP contribution >= 0.6 is 0 Å². The molecule has 4 nitrogen and oxygen atoms in total. The predicted octanol–water partition coefficient (Wildman–Crippen LogP) is 2.56. The minimum atomic E-state index is 0.532. The number of oxazole rings is 1. The van der Waals surface area contributed by atoms with Crippen molar-refractivity contribution in [3.63, 3.8) is 0 Å². The summed E-state index contributed by atoms with van der Waals surface area (Å²) < 4.78 is 5.48. The summed E-state index contributed by atoms with van der Waals surface area (Å²) >= 11 is 0. The summed E-state index contributed by atoms with van der Waals surface area (Å²) in [6.07, 6.45) is 1.10. The molecule has 0 aliphatic rings. The van der Waals surface area contributed by atoms with Gasteiger partial charge in [0.1, 0.15) is 5.52 Å². The van der Waals surface area contributed by atoms with Crippen LogP contribution in [0.15, 0.2) is 22.6 Å². The molecule has 2 rings (SSSR count). The first-order valence-electron chi connectivity index (χ1n) is 6.42. The Kier molecular flexibility index (Phi) is 3.87. The van der Waals surface area contributed by atoms with Crippen molar-refractivity contribution in [3.05, 3.63) is 24.1 Å². The Morgan fingerprint density at radius 3 is 2.89 bits per heavy atom. The van der Waals surface area contributed by atoms with Crippen molar-refractivity contribution in [1.82, 2.24) is 4.98 Å². The smallest absolute Gasteiger partial charge is 0.192 e. The molecule has 1 unspecified atom stereocenters. The first-order chi connectivity index (χ1) is 8.63. The molecule has 0 saturated carbocycles. The molecule has 1 atom stereocenters. The summed E-state index contributed by atoms with van der Waals surface area (Å²) in [5, 5.41) is 0. The van der Waals surface area contributed by atoms with Crippen LogP contribution in [0.25, 0.3) is 11.1 Å². The zero-order chi connectivity index (χ0) is 13.1. The Morgan fingerprint density at radius 2 is 2.22 bits per heavy atom. The SMILES string of the molecule is CCC(CN)CN(C)c1ccc2oc(C)nc2c1. The summed E-state index contributed by atoms with van der Waals surface area (Å²) in [5.41, 5.74) is 8.66. The number of hydrogen-bond acceptors (Lipinski definition) is 4. The largest absolute Gasteiger partial charge is 0.441 e. The van der Waals surface area contributed by atoms with Gasteiger partial charge in [-0.15, -0.1) is 0 Å². The van der Waals surface area contributed by atoms with Gasteiger partial charge in [0, 0.05) is 26.2 Å². The normalized spacial score (nSPS) is 12.9. The zero-order valence-electron chi connectivity index (χ0n) is 11.3. The monoisotopic (exact) mass is 247 g/mol. The number of nitrogens with two attached hydrogens (primary N) is 1. The molecule has 1 heterocycles. The minimum absolute atomic E-state index is 0.532. The Hall–Kier alpha value is -1.55. The van der Waals surface area contributed by atoms with E-state index in [2.05, 4.69) is 36.0 Å². The number of fused-ring (bicyclic) bond motifs is 1. The minimum Gasteiger partial charge on any atom is -0.441 e. The third-order valence-corrected chi connectivity index (χ3v) is 3.36. The predicted molar refractivity (Wildman–Crippen MR) is 74.9 cm³/mol. The highest BCUT2D eigenvalue weighted by molar-refractivity contribution is 5.77. The molecule has 0 bridgehead atoms. The molecule has 1 aromatic carbocycles. The van der Waals surface area contributed by atoms with Gasteiger partial charge in [-0.25, -0.2) is 4.98 Å². The lowest BCUT2D eigenvalue weighted by Crippen LogP contribution is -2.29. The molecule has 0 aliphatic heterocycles. The van der Waals surface area contributed by atoms with Crippen molar-refractivity contribution in [3.8, 4) is 0 Å². The highest BCUT2D eigenvalue weighted by Gasteiger charge is 2.10. The molecular weight excluding hydrogens is 226 g/mol. The van der Waals surface area contributed by atoms with E-state index in [4.69, 9.17) is 10.2 Å². The van der Waals surface area contributed by atoms with Crippen LogP contribution < -0.4 is 10.6 Å². The molecule has 0 fully saturated rings. The van der Waals surface area contributed by atoms with E-state index in [1.807, 2.05) is 13.0 Å². The first kappa shape index (κ1) is 12.9. The van der Waals surface area contributed by atoms with Gasteiger partial charge in [-0.3, -0.25) is 0 Å². The maximum absolute atomic E-state index is 5.75. The molecule has 0 amide bonds. The molecule has 4 heteroatoms. The van der Waals surface area contributed by atoms with Gasteiger partial charge in [0.25, 0.3) is 0 Å². The maximum Gasteiger partial charge on any atom is 0.192 e. The Bertz CT molecular complexity index is 517. The van der Waals surface area contributed by atoms with Crippen LogP contribution in [0.3, 0.4) is 0 Å². The van der Waals surface area contributed by atoms with Gasteiger partial charge in [-0.1, -0.05) is 13.3 Å². The molecule has 98 valence electrons.